The van der Waals surface area contributed by atoms with Crippen LogP contribution >= 0.6 is 0 Å². The van der Waals surface area contributed by atoms with Crippen molar-refractivity contribution in [1.82, 2.24) is 9.97 Å². The maximum absolute atomic E-state index is 11.6. The molecule has 0 saturated heterocycles. The average Bonchev–Trinajstić information content (AvgIpc) is 3.06. The van der Waals surface area contributed by atoms with Crippen LogP contribution in [0.25, 0.3) is 0 Å². The van der Waals surface area contributed by atoms with Crippen molar-refractivity contribution in [1.29, 1.82) is 0 Å². The molecule has 2 aromatic heterocycles. The van der Waals surface area contributed by atoms with E-state index in [1.54, 1.807) is 0 Å². The Morgan fingerprint density at radius 2 is 0.884 bits per heavy atom. The molecule has 2 heterocycles. The molecule has 0 amide bonds. The Hall–Kier alpha value is -5.78. The van der Waals surface area contributed by atoms with Gasteiger partial charge in [-0.1, -0.05) is 60.7 Å². The SMILES string of the molecule is COC(=O)c1cc(OCc2ccccc2)cc(C(=O)O)n1.COC(=O)c1cc(OCc2ccccc2)cc(C(=O)OC)n1. The summed E-state index contributed by atoms with van der Waals surface area (Å²) in [6.45, 7) is 0.552. The van der Waals surface area contributed by atoms with E-state index in [1.165, 1.54) is 45.6 Å². The number of benzene rings is 2. The van der Waals surface area contributed by atoms with Crippen molar-refractivity contribution < 1.29 is 48.0 Å². The summed E-state index contributed by atoms with van der Waals surface area (Å²) in [7, 11) is 3.67. The molecule has 222 valence electrons. The van der Waals surface area contributed by atoms with E-state index in [1.807, 2.05) is 60.7 Å². The maximum Gasteiger partial charge on any atom is 0.356 e. The predicted molar refractivity (Wildman–Crippen MR) is 151 cm³/mol. The molecule has 12 nitrogen and oxygen atoms in total. The number of carboxylic acid groups (broad SMARTS) is 1. The molecule has 0 fully saturated rings. The van der Waals surface area contributed by atoms with Gasteiger partial charge in [-0.3, -0.25) is 0 Å². The number of pyridine rings is 2. The van der Waals surface area contributed by atoms with E-state index in [0.29, 0.717) is 12.4 Å². The lowest BCUT2D eigenvalue weighted by Crippen LogP contribution is -2.11. The van der Waals surface area contributed by atoms with Crippen LogP contribution in [0.4, 0.5) is 0 Å². The van der Waals surface area contributed by atoms with Crippen LogP contribution in [-0.2, 0) is 27.4 Å². The van der Waals surface area contributed by atoms with E-state index in [2.05, 4.69) is 24.2 Å². The molecule has 12 heteroatoms. The van der Waals surface area contributed by atoms with Crippen molar-refractivity contribution in [3.63, 3.8) is 0 Å². The van der Waals surface area contributed by atoms with Crippen LogP contribution in [0.5, 0.6) is 11.5 Å². The van der Waals surface area contributed by atoms with E-state index < -0.39 is 23.9 Å². The monoisotopic (exact) mass is 588 g/mol. The zero-order chi connectivity index (χ0) is 31.2. The highest BCUT2D eigenvalue weighted by atomic mass is 16.5. The topological polar surface area (TPSA) is 160 Å². The number of carboxylic acids is 1. The van der Waals surface area contributed by atoms with Gasteiger partial charge in [0.05, 0.1) is 21.3 Å². The van der Waals surface area contributed by atoms with Crippen molar-refractivity contribution in [2.45, 2.75) is 13.2 Å². The fourth-order valence-electron chi connectivity index (χ4n) is 3.40. The Balaban J connectivity index is 0.000000236. The molecule has 0 bridgehead atoms. The second-order valence-corrected chi connectivity index (χ2v) is 8.48. The number of ether oxygens (including phenoxy) is 5. The highest BCUT2D eigenvalue weighted by Gasteiger charge is 2.17. The minimum atomic E-state index is -1.25. The number of carbonyl (C=O) groups is 4. The molecule has 43 heavy (non-hydrogen) atoms. The zero-order valence-corrected chi connectivity index (χ0v) is 23.5. The normalized spacial score (nSPS) is 9.93. The molecular weight excluding hydrogens is 560 g/mol. The van der Waals surface area contributed by atoms with Gasteiger partial charge < -0.3 is 28.8 Å². The van der Waals surface area contributed by atoms with Crippen molar-refractivity contribution in [2.24, 2.45) is 0 Å². The van der Waals surface area contributed by atoms with Crippen molar-refractivity contribution >= 4 is 23.9 Å². The Labute approximate surface area is 246 Å². The lowest BCUT2D eigenvalue weighted by Gasteiger charge is -2.09. The molecule has 0 aliphatic rings. The maximum atomic E-state index is 11.6. The molecule has 0 radical (unpaired) electrons. The Bertz CT molecular complexity index is 1530. The second kappa shape index (κ2) is 15.9. The van der Waals surface area contributed by atoms with Crippen LogP contribution < -0.4 is 9.47 Å². The van der Waals surface area contributed by atoms with E-state index in [0.717, 1.165) is 11.1 Å². The number of aromatic carboxylic acids is 1. The number of rotatable bonds is 10. The molecule has 2 aromatic carbocycles. The molecule has 0 spiro atoms. The summed E-state index contributed by atoms with van der Waals surface area (Å²) >= 11 is 0. The summed E-state index contributed by atoms with van der Waals surface area (Å²) in [5.74, 6) is -2.70. The van der Waals surface area contributed by atoms with E-state index in [-0.39, 0.29) is 35.1 Å². The van der Waals surface area contributed by atoms with Gasteiger partial charge >= 0.3 is 23.9 Å². The third-order valence-corrected chi connectivity index (χ3v) is 5.50. The first-order valence-electron chi connectivity index (χ1n) is 12.6. The van der Waals surface area contributed by atoms with E-state index >= 15 is 0 Å². The quantitative estimate of drug-likeness (QED) is 0.206. The number of methoxy groups -OCH3 is 3. The van der Waals surface area contributed by atoms with Gasteiger partial charge in [0.15, 0.2) is 22.8 Å². The third kappa shape index (κ3) is 9.67. The van der Waals surface area contributed by atoms with Gasteiger partial charge in [0, 0.05) is 24.3 Å². The van der Waals surface area contributed by atoms with Crippen LogP contribution in [0, 0.1) is 0 Å². The van der Waals surface area contributed by atoms with Gasteiger partial charge in [0.25, 0.3) is 0 Å². The van der Waals surface area contributed by atoms with Crippen LogP contribution in [-0.4, -0.2) is 60.3 Å². The van der Waals surface area contributed by atoms with Gasteiger partial charge in [0.2, 0.25) is 0 Å². The van der Waals surface area contributed by atoms with E-state index in [4.69, 9.17) is 14.6 Å². The average molecular weight is 589 g/mol. The largest absolute Gasteiger partial charge is 0.489 e. The molecule has 0 aliphatic carbocycles. The second-order valence-electron chi connectivity index (χ2n) is 8.48. The zero-order valence-electron chi connectivity index (χ0n) is 23.5. The number of carbonyl (C=O) groups excluding carboxylic acids is 3. The lowest BCUT2D eigenvalue weighted by molar-refractivity contribution is 0.0574. The van der Waals surface area contributed by atoms with Crippen molar-refractivity contribution in [3.05, 3.63) is 119 Å². The predicted octanol–water partition coefficient (Wildman–Crippen LogP) is 4.38. The van der Waals surface area contributed by atoms with Crippen LogP contribution in [0.15, 0.2) is 84.9 Å². The molecule has 4 aromatic rings. The van der Waals surface area contributed by atoms with Crippen LogP contribution in [0.2, 0.25) is 0 Å². The first-order valence-corrected chi connectivity index (χ1v) is 12.6. The summed E-state index contributed by atoms with van der Waals surface area (Å²) in [6, 6.07) is 24.3. The van der Waals surface area contributed by atoms with Crippen molar-refractivity contribution in [3.8, 4) is 11.5 Å². The number of esters is 3. The highest BCUT2D eigenvalue weighted by Crippen LogP contribution is 2.19. The molecule has 0 atom stereocenters. The standard InChI is InChI=1S/C16H15NO5.C15H13NO5/c1-20-15(18)13-8-12(9-14(17-13)16(19)21-2)22-10-11-6-4-3-5-7-11;1-20-15(19)13-8-11(7-12(16-13)14(17)18)21-9-10-5-3-2-4-6-10/h3-9H,10H2,1-2H3;2-8H,9H2,1H3,(H,17,18). The minimum Gasteiger partial charge on any atom is -0.489 e. The Kier molecular flexibility index (Phi) is 11.7. The fraction of sp³-hybridized carbons (Fsp3) is 0.161. The molecule has 1 N–H and O–H groups in total. The van der Waals surface area contributed by atoms with Gasteiger partial charge in [0.1, 0.15) is 24.7 Å². The van der Waals surface area contributed by atoms with Gasteiger partial charge in [-0.25, -0.2) is 29.1 Å². The molecule has 0 aliphatic heterocycles. The van der Waals surface area contributed by atoms with Crippen LogP contribution in [0.3, 0.4) is 0 Å². The first kappa shape index (κ1) is 31.7. The fourth-order valence-corrected chi connectivity index (χ4v) is 3.40. The molecule has 0 unspecified atom stereocenters. The highest BCUT2D eigenvalue weighted by molar-refractivity contribution is 5.92. The van der Waals surface area contributed by atoms with E-state index in [9.17, 15) is 19.2 Å². The number of hydrogen-bond acceptors (Lipinski definition) is 11. The minimum absolute atomic E-state index is 0.0199. The number of hydrogen-bond donors (Lipinski definition) is 1. The first-order chi connectivity index (χ1) is 20.7. The summed E-state index contributed by atoms with van der Waals surface area (Å²) in [5.41, 5.74) is 1.45. The lowest BCUT2D eigenvalue weighted by atomic mass is 10.2. The summed E-state index contributed by atoms with van der Waals surface area (Å²) in [4.78, 5) is 53.3. The summed E-state index contributed by atoms with van der Waals surface area (Å²) in [6.07, 6.45) is 0. The summed E-state index contributed by atoms with van der Waals surface area (Å²) in [5, 5.41) is 9.00. The number of aromatic nitrogens is 2. The Morgan fingerprint density at radius 1 is 0.558 bits per heavy atom. The van der Waals surface area contributed by atoms with Gasteiger partial charge in [-0.05, 0) is 11.1 Å². The smallest absolute Gasteiger partial charge is 0.356 e. The third-order valence-electron chi connectivity index (χ3n) is 5.50. The van der Waals surface area contributed by atoms with Gasteiger partial charge in [-0.2, -0.15) is 0 Å². The number of nitrogens with zero attached hydrogens (tertiary/aromatic N) is 2. The van der Waals surface area contributed by atoms with Crippen molar-refractivity contribution in [2.75, 3.05) is 21.3 Å². The Morgan fingerprint density at radius 3 is 1.21 bits per heavy atom. The summed E-state index contributed by atoms with van der Waals surface area (Å²) < 4.78 is 24.9. The van der Waals surface area contributed by atoms with Crippen LogP contribution in [0.1, 0.15) is 53.1 Å². The molecule has 4 rings (SSSR count). The van der Waals surface area contributed by atoms with Gasteiger partial charge in [-0.15, -0.1) is 0 Å². The molecular formula is C31H28N2O10. The molecule has 0 saturated carbocycles.